The van der Waals surface area contributed by atoms with Gasteiger partial charge in [0.25, 0.3) is 0 Å². The van der Waals surface area contributed by atoms with Gasteiger partial charge in [-0.15, -0.1) is 0 Å². The van der Waals surface area contributed by atoms with Crippen LogP contribution in [0.1, 0.15) is 24.3 Å². The maximum atomic E-state index is 11.8. The van der Waals surface area contributed by atoms with Gasteiger partial charge in [0.1, 0.15) is 0 Å². The zero-order valence-electron chi connectivity index (χ0n) is 9.31. The first-order valence-corrected chi connectivity index (χ1v) is 5.65. The standard InChI is InChI=1S/C12H12ClNO3/c1-14-10(15)5-7(6-11(16)17)8-3-2-4-9(13)12(8)14/h2-4,7H,5-6H2,1H3,(H,16,17). The lowest BCUT2D eigenvalue weighted by Gasteiger charge is -2.31. The monoisotopic (exact) mass is 253 g/mol. The molecule has 4 nitrogen and oxygen atoms in total. The van der Waals surface area contributed by atoms with Crippen molar-refractivity contribution in [3.8, 4) is 0 Å². The van der Waals surface area contributed by atoms with Crippen LogP contribution in [0.25, 0.3) is 0 Å². The van der Waals surface area contributed by atoms with E-state index in [9.17, 15) is 9.59 Å². The van der Waals surface area contributed by atoms with Crippen LogP contribution in [-0.4, -0.2) is 24.0 Å². The zero-order chi connectivity index (χ0) is 12.6. The fourth-order valence-electron chi connectivity index (χ4n) is 2.19. The van der Waals surface area contributed by atoms with Gasteiger partial charge in [-0.05, 0) is 11.6 Å². The van der Waals surface area contributed by atoms with E-state index in [1.807, 2.05) is 6.07 Å². The number of carbonyl (C=O) groups excluding carboxylic acids is 1. The van der Waals surface area contributed by atoms with Crippen molar-refractivity contribution in [1.29, 1.82) is 0 Å². The summed E-state index contributed by atoms with van der Waals surface area (Å²) in [5.41, 5.74) is 1.47. The maximum absolute atomic E-state index is 11.8. The number of carboxylic acid groups (broad SMARTS) is 1. The molecule has 1 aliphatic rings. The molecule has 1 amide bonds. The first-order valence-electron chi connectivity index (χ1n) is 5.27. The highest BCUT2D eigenvalue weighted by molar-refractivity contribution is 6.34. The third-order valence-corrected chi connectivity index (χ3v) is 3.31. The number of carboxylic acids is 1. The van der Waals surface area contributed by atoms with Crippen molar-refractivity contribution in [1.82, 2.24) is 0 Å². The second-order valence-corrected chi connectivity index (χ2v) is 4.54. The fourth-order valence-corrected chi connectivity index (χ4v) is 2.50. The number of benzene rings is 1. The molecule has 1 aromatic carbocycles. The number of aliphatic carboxylic acids is 1. The van der Waals surface area contributed by atoms with Gasteiger partial charge in [0.05, 0.1) is 17.1 Å². The predicted octanol–water partition coefficient (Wildman–Crippen LogP) is 2.26. The number of halogens is 1. The first-order chi connectivity index (χ1) is 8.00. The van der Waals surface area contributed by atoms with Crippen LogP contribution >= 0.6 is 11.6 Å². The summed E-state index contributed by atoms with van der Waals surface area (Å²) >= 11 is 6.06. The van der Waals surface area contributed by atoms with Gasteiger partial charge in [0.15, 0.2) is 0 Å². The molecule has 1 aromatic rings. The molecule has 1 aliphatic heterocycles. The van der Waals surface area contributed by atoms with Crippen molar-refractivity contribution < 1.29 is 14.7 Å². The van der Waals surface area contributed by atoms with Crippen LogP contribution in [0, 0.1) is 0 Å². The molecule has 0 aromatic heterocycles. The van der Waals surface area contributed by atoms with Crippen molar-refractivity contribution in [2.45, 2.75) is 18.8 Å². The van der Waals surface area contributed by atoms with Gasteiger partial charge < -0.3 is 10.0 Å². The molecule has 0 spiro atoms. The molecule has 0 saturated heterocycles. The van der Waals surface area contributed by atoms with E-state index < -0.39 is 5.97 Å². The summed E-state index contributed by atoms with van der Waals surface area (Å²) in [5.74, 6) is -1.29. The Kier molecular flexibility index (Phi) is 3.07. The lowest BCUT2D eigenvalue weighted by atomic mass is 9.87. The number of fused-ring (bicyclic) bond motifs is 1. The Balaban J connectivity index is 2.49. The first kappa shape index (κ1) is 11.9. The minimum atomic E-state index is -0.904. The van der Waals surface area contributed by atoms with Crippen molar-refractivity contribution in [3.63, 3.8) is 0 Å². The smallest absolute Gasteiger partial charge is 0.303 e. The van der Waals surface area contributed by atoms with Gasteiger partial charge in [-0.1, -0.05) is 23.7 Å². The molecule has 0 bridgehead atoms. The number of hydrogen-bond acceptors (Lipinski definition) is 2. The fraction of sp³-hybridized carbons (Fsp3) is 0.333. The van der Waals surface area contributed by atoms with E-state index in [4.69, 9.17) is 16.7 Å². The highest BCUT2D eigenvalue weighted by atomic mass is 35.5. The van der Waals surface area contributed by atoms with E-state index in [2.05, 4.69) is 0 Å². The van der Waals surface area contributed by atoms with Gasteiger partial charge in [-0.2, -0.15) is 0 Å². The summed E-state index contributed by atoms with van der Waals surface area (Å²) < 4.78 is 0. The van der Waals surface area contributed by atoms with Gasteiger partial charge in [0, 0.05) is 19.4 Å². The molecule has 1 N–H and O–H groups in total. The molecule has 0 aliphatic carbocycles. The van der Waals surface area contributed by atoms with Crippen LogP contribution < -0.4 is 4.90 Å². The van der Waals surface area contributed by atoms with Crippen molar-refractivity contribution in [2.24, 2.45) is 0 Å². The van der Waals surface area contributed by atoms with Gasteiger partial charge >= 0.3 is 5.97 Å². The summed E-state index contributed by atoms with van der Waals surface area (Å²) in [6.07, 6.45) is 0.170. The van der Waals surface area contributed by atoms with E-state index in [0.29, 0.717) is 10.7 Å². The van der Waals surface area contributed by atoms with Gasteiger partial charge in [-0.3, -0.25) is 9.59 Å². The van der Waals surface area contributed by atoms with Gasteiger partial charge in [-0.25, -0.2) is 0 Å². The Morgan fingerprint density at radius 2 is 2.29 bits per heavy atom. The maximum Gasteiger partial charge on any atom is 0.303 e. The Morgan fingerprint density at radius 3 is 2.94 bits per heavy atom. The van der Waals surface area contributed by atoms with E-state index >= 15 is 0 Å². The normalized spacial score (nSPS) is 19.1. The van der Waals surface area contributed by atoms with Crippen molar-refractivity contribution >= 4 is 29.2 Å². The van der Waals surface area contributed by atoms with Crippen molar-refractivity contribution in [2.75, 3.05) is 11.9 Å². The molecular weight excluding hydrogens is 242 g/mol. The summed E-state index contributed by atoms with van der Waals surface area (Å²) in [6.45, 7) is 0. The highest BCUT2D eigenvalue weighted by Gasteiger charge is 2.31. The molecule has 0 fully saturated rings. The largest absolute Gasteiger partial charge is 0.481 e. The number of hydrogen-bond donors (Lipinski definition) is 1. The number of amides is 1. The lowest BCUT2D eigenvalue weighted by molar-refractivity contribution is -0.137. The van der Waals surface area contributed by atoms with Crippen LogP contribution in [0.4, 0.5) is 5.69 Å². The number of carbonyl (C=O) groups is 2. The van der Waals surface area contributed by atoms with Crippen LogP contribution in [0.15, 0.2) is 18.2 Å². The molecule has 0 radical (unpaired) electrons. The summed E-state index contributed by atoms with van der Waals surface area (Å²) in [5, 5.41) is 9.33. The molecule has 0 saturated carbocycles. The Morgan fingerprint density at radius 1 is 1.59 bits per heavy atom. The minimum Gasteiger partial charge on any atom is -0.481 e. The van der Waals surface area contributed by atoms with Crippen LogP contribution in [0.3, 0.4) is 0 Å². The molecule has 2 rings (SSSR count). The number of para-hydroxylation sites is 1. The molecule has 1 unspecified atom stereocenters. The Hall–Kier alpha value is -1.55. The average Bonchev–Trinajstić information content (AvgIpc) is 2.24. The summed E-state index contributed by atoms with van der Waals surface area (Å²) in [6, 6.07) is 5.31. The highest BCUT2D eigenvalue weighted by Crippen LogP contribution is 2.41. The second-order valence-electron chi connectivity index (χ2n) is 4.13. The van der Waals surface area contributed by atoms with E-state index in [0.717, 1.165) is 5.56 Å². The molecule has 17 heavy (non-hydrogen) atoms. The molecule has 1 atom stereocenters. The number of nitrogens with zero attached hydrogens (tertiary/aromatic N) is 1. The van der Waals surface area contributed by atoms with Crippen LogP contribution in [0.2, 0.25) is 5.02 Å². The van der Waals surface area contributed by atoms with Crippen LogP contribution in [-0.2, 0) is 9.59 Å². The Bertz CT molecular complexity index is 487. The quantitative estimate of drug-likeness (QED) is 0.880. The summed E-state index contributed by atoms with van der Waals surface area (Å²) in [7, 11) is 1.66. The van der Waals surface area contributed by atoms with E-state index in [-0.39, 0.29) is 24.7 Å². The second kappa shape index (κ2) is 4.37. The third-order valence-electron chi connectivity index (χ3n) is 3.01. The average molecular weight is 254 g/mol. The SMILES string of the molecule is CN1C(=O)CC(CC(=O)O)c2cccc(Cl)c21. The minimum absolute atomic E-state index is 0.0487. The molecular formula is C12H12ClNO3. The third kappa shape index (κ3) is 2.13. The lowest BCUT2D eigenvalue weighted by Crippen LogP contribution is -2.34. The molecule has 1 heterocycles. The van der Waals surface area contributed by atoms with Crippen LogP contribution in [0.5, 0.6) is 0 Å². The summed E-state index contributed by atoms with van der Waals surface area (Å²) in [4.78, 5) is 24.1. The number of anilines is 1. The Labute approximate surface area is 104 Å². The topological polar surface area (TPSA) is 57.6 Å². The molecule has 5 heteroatoms. The number of rotatable bonds is 2. The van der Waals surface area contributed by atoms with E-state index in [1.54, 1.807) is 19.2 Å². The zero-order valence-corrected chi connectivity index (χ0v) is 10.1. The van der Waals surface area contributed by atoms with Crippen molar-refractivity contribution in [3.05, 3.63) is 28.8 Å². The van der Waals surface area contributed by atoms with E-state index in [1.165, 1.54) is 4.90 Å². The predicted molar refractivity (Wildman–Crippen MR) is 64.5 cm³/mol. The van der Waals surface area contributed by atoms with Gasteiger partial charge in [0.2, 0.25) is 5.91 Å². The molecule has 90 valence electrons.